The second-order valence-corrected chi connectivity index (χ2v) is 5.85. The molecule has 1 aromatic rings. The molecule has 106 valence electrons. The average Bonchev–Trinajstić information content (AvgIpc) is 2.92. The first kappa shape index (κ1) is 14.5. The fourth-order valence-electron chi connectivity index (χ4n) is 3.09. The Morgan fingerprint density at radius 1 is 1.37 bits per heavy atom. The fraction of sp³-hybridized carbons (Fsp3) is 0.625. The number of rotatable bonds is 5. The number of benzene rings is 1. The normalized spacial score (nSPS) is 21.3. The maximum atomic E-state index is 13.2. The lowest BCUT2D eigenvalue weighted by Crippen LogP contribution is -2.57. The molecule has 2 unspecified atom stereocenters. The molecule has 0 aliphatic carbocycles. The van der Waals surface area contributed by atoms with Crippen molar-refractivity contribution in [3.8, 4) is 0 Å². The Hall–Kier alpha value is -0.930. The minimum Gasteiger partial charge on any atom is -0.326 e. The summed E-state index contributed by atoms with van der Waals surface area (Å²) in [6.45, 7) is 6.73. The van der Waals surface area contributed by atoms with Crippen LogP contribution in [-0.2, 0) is 6.42 Å². The zero-order chi connectivity index (χ0) is 13.9. The number of nitrogens with zero attached hydrogens (tertiary/aromatic N) is 1. The van der Waals surface area contributed by atoms with Gasteiger partial charge in [0.1, 0.15) is 5.82 Å². The van der Waals surface area contributed by atoms with Crippen molar-refractivity contribution < 1.29 is 4.39 Å². The lowest BCUT2D eigenvalue weighted by atomic mass is 9.84. The minimum absolute atomic E-state index is 0.0167. The summed E-state index contributed by atoms with van der Waals surface area (Å²) in [5, 5.41) is 0. The smallest absolute Gasteiger partial charge is 0.123 e. The Labute approximate surface area is 115 Å². The van der Waals surface area contributed by atoms with Gasteiger partial charge in [-0.05, 0) is 63.4 Å². The zero-order valence-electron chi connectivity index (χ0n) is 12.0. The third-order valence-electron chi connectivity index (χ3n) is 4.69. The van der Waals surface area contributed by atoms with Gasteiger partial charge in [0.15, 0.2) is 0 Å². The molecule has 2 atom stereocenters. The third-order valence-corrected chi connectivity index (χ3v) is 4.69. The van der Waals surface area contributed by atoms with E-state index in [2.05, 4.69) is 18.7 Å². The summed E-state index contributed by atoms with van der Waals surface area (Å²) in [4.78, 5) is 2.51. The quantitative estimate of drug-likeness (QED) is 0.886. The highest BCUT2D eigenvalue weighted by molar-refractivity contribution is 5.18. The van der Waals surface area contributed by atoms with Crippen LogP contribution in [0.25, 0.3) is 0 Å². The van der Waals surface area contributed by atoms with Crippen molar-refractivity contribution >= 4 is 0 Å². The van der Waals surface area contributed by atoms with Crippen LogP contribution in [0.5, 0.6) is 0 Å². The molecule has 1 aliphatic rings. The van der Waals surface area contributed by atoms with Crippen LogP contribution in [-0.4, -0.2) is 29.6 Å². The second kappa shape index (κ2) is 6.02. The first-order valence-electron chi connectivity index (χ1n) is 7.31. The molecule has 1 aromatic carbocycles. The van der Waals surface area contributed by atoms with Crippen LogP contribution in [0.1, 0.15) is 38.7 Å². The predicted molar refractivity (Wildman–Crippen MR) is 77.6 cm³/mol. The number of nitrogens with two attached hydrogens (primary N) is 1. The van der Waals surface area contributed by atoms with Crippen molar-refractivity contribution in [3.05, 3.63) is 35.6 Å². The van der Waals surface area contributed by atoms with Crippen LogP contribution >= 0.6 is 0 Å². The molecule has 0 aromatic heterocycles. The van der Waals surface area contributed by atoms with Gasteiger partial charge < -0.3 is 5.73 Å². The van der Waals surface area contributed by atoms with Crippen molar-refractivity contribution in [2.45, 2.75) is 51.1 Å². The molecule has 1 aliphatic heterocycles. The highest BCUT2D eigenvalue weighted by atomic mass is 19.1. The summed E-state index contributed by atoms with van der Waals surface area (Å²) < 4.78 is 13.2. The Bertz CT molecular complexity index is 415. The molecule has 1 heterocycles. The van der Waals surface area contributed by atoms with E-state index < -0.39 is 0 Å². The van der Waals surface area contributed by atoms with Gasteiger partial charge >= 0.3 is 0 Å². The standard InChI is InChI=1S/C16H25FN2/c1-3-16(2,19-9-4-5-10-19)15(18)12-13-7-6-8-14(17)11-13/h6-8,11,15H,3-5,9-10,12,18H2,1-2H3. The van der Waals surface area contributed by atoms with Gasteiger partial charge in [-0.1, -0.05) is 19.1 Å². The highest BCUT2D eigenvalue weighted by Gasteiger charge is 2.37. The molecule has 19 heavy (non-hydrogen) atoms. The molecule has 0 amide bonds. The van der Waals surface area contributed by atoms with E-state index in [0.29, 0.717) is 0 Å². The number of halogens is 1. The molecule has 3 heteroatoms. The van der Waals surface area contributed by atoms with Crippen LogP contribution in [0.15, 0.2) is 24.3 Å². The first-order valence-corrected chi connectivity index (χ1v) is 7.31. The van der Waals surface area contributed by atoms with Gasteiger partial charge in [-0.15, -0.1) is 0 Å². The molecule has 0 radical (unpaired) electrons. The SMILES string of the molecule is CCC(C)(C(N)Cc1cccc(F)c1)N1CCCC1. The van der Waals surface area contributed by atoms with E-state index in [1.165, 1.54) is 18.9 Å². The largest absolute Gasteiger partial charge is 0.326 e. The van der Waals surface area contributed by atoms with Crippen LogP contribution in [0.2, 0.25) is 0 Å². The monoisotopic (exact) mass is 264 g/mol. The van der Waals surface area contributed by atoms with Crippen LogP contribution in [0.3, 0.4) is 0 Å². The van der Waals surface area contributed by atoms with Crippen LogP contribution in [0.4, 0.5) is 4.39 Å². The molecule has 1 fully saturated rings. The fourth-order valence-corrected chi connectivity index (χ4v) is 3.09. The topological polar surface area (TPSA) is 29.3 Å². The molecule has 2 nitrogen and oxygen atoms in total. The summed E-state index contributed by atoms with van der Waals surface area (Å²) in [7, 11) is 0. The summed E-state index contributed by atoms with van der Waals surface area (Å²) in [5.74, 6) is -0.177. The average molecular weight is 264 g/mol. The second-order valence-electron chi connectivity index (χ2n) is 5.85. The van der Waals surface area contributed by atoms with E-state index in [0.717, 1.165) is 31.5 Å². The third kappa shape index (κ3) is 3.15. The predicted octanol–water partition coefficient (Wildman–Crippen LogP) is 2.96. The minimum atomic E-state index is -0.177. The molecule has 2 N–H and O–H groups in total. The Kier molecular flexibility index (Phi) is 4.58. The molecule has 0 bridgehead atoms. The number of hydrogen-bond donors (Lipinski definition) is 1. The Morgan fingerprint density at radius 3 is 2.63 bits per heavy atom. The van der Waals surface area contributed by atoms with E-state index in [1.807, 2.05) is 6.07 Å². The Balaban J connectivity index is 2.09. The maximum absolute atomic E-state index is 13.2. The summed E-state index contributed by atoms with van der Waals surface area (Å²) in [6.07, 6.45) is 4.30. The van der Waals surface area contributed by atoms with Gasteiger partial charge in [0.2, 0.25) is 0 Å². The number of likely N-dealkylation sites (tertiary alicyclic amines) is 1. The van der Waals surface area contributed by atoms with E-state index in [4.69, 9.17) is 5.73 Å². The lowest BCUT2D eigenvalue weighted by Gasteiger charge is -2.43. The highest BCUT2D eigenvalue weighted by Crippen LogP contribution is 2.28. The van der Waals surface area contributed by atoms with E-state index >= 15 is 0 Å². The maximum Gasteiger partial charge on any atom is 0.123 e. The van der Waals surface area contributed by atoms with Crippen molar-refractivity contribution in [3.63, 3.8) is 0 Å². The van der Waals surface area contributed by atoms with Gasteiger partial charge in [-0.2, -0.15) is 0 Å². The van der Waals surface area contributed by atoms with Crippen molar-refractivity contribution in [1.82, 2.24) is 4.90 Å². The van der Waals surface area contributed by atoms with E-state index in [1.54, 1.807) is 12.1 Å². The molecule has 2 rings (SSSR count). The van der Waals surface area contributed by atoms with Gasteiger partial charge in [0, 0.05) is 11.6 Å². The van der Waals surface area contributed by atoms with Crippen LogP contribution in [0, 0.1) is 5.82 Å². The zero-order valence-corrected chi connectivity index (χ0v) is 12.0. The number of hydrogen-bond acceptors (Lipinski definition) is 2. The summed E-state index contributed by atoms with van der Waals surface area (Å²) in [6, 6.07) is 6.84. The summed E-state index contributed by atoms with van der Waals surface area (Å²) >= 11 is 0. The molecular formula is C16H25FN2. The van der Waals surface area contributed by atoms with Gasteiger partial charge in [-0.25, -0.2) is 4.39 Å². The Morgan fingerprint density at radius 2 is 2.05 bits per heavy atom. The molecule has 1 saturated heterocycles. The van der Waals surface area contributed by atoms with Crippen molar-refractivity contribution in [1.29, 1.82) is 0 Å². The molecule has 0 spiro atoms. The van der Waals surface area contributed by atoms with Gasteiger partial charge in [-0.3, -0.25) is 4.90 Å². The van der Waals surface area contributed by atoms with Crippen molar-refractivity contribution in [2.75, 3.05) is 13.1 Å². The van der Waals surface area contributed by atoms with Gasteiger partial charge in [0.25, 0.3) is 0 Å². The van der Waals surface area contributed by atoms with Crippen LogP contribution < -0.4 is 5.73 Å². The van der Waals surface area contributed by atoms with Crippen molar-refractivity contribution in [2.24, 2.45) is 5.73 Å². The first-order chi connectivity index (χ1) is 9.06. The van der Waals surface area contributed by atoms with E-state index in [-0.39, 0.29) is 17.4 Å². The van der Waals surface area contributed by atoms with E-state index in [9.17, 15) is 4.39 Å². The summed E-state index contributed by atoms with van der Waals surface area (Å²) in [5.41, 5.74) is 7.47. The van der Waals surface area contributed by atoms with Gasteiger partial charge in [0.05, 0.1) is 0 Å². The lowest BCUT2D eigenvalue weighted by molar-refractivity contribution is 0.0998. The molecular weight excluding hydrogens is 239 g/mol. The molecule has 0 saturated carbocycles.